The quantitative estimate of drug-likeness (QED) is 0.783. The molecule has 0 heterocycles. The zero-order chi connectivity index (χ0) is 14.5. The van der Waals surface area contributed by atoms with Crippen molar-refractivity contribution in [1.82, 2.24) is 4.90 Å². The van der Waals surface area contributed by atoms with E-state index in [1.54, 1.807) is 35.2 Å². The number of carbonyl (C=O) groups is 2. The van der Waals surface area contributed by atoms with E-state index in [-0.39, 0.29) is 12.5 Å². The molecule has 1 aliphatic rings. The van der Waals surface area contributed by atoms with Crippen molar-refractivity contribution in [3.8, 4) is 0 Å². The lowest BCUT2D eigenvalue weighted by Gasteiger charge is -2.21. The van der Waals surface area contributed by atoms with Crippen LogP contribution in [0.5, 0.6) is 0 Å². The van der Waals surface area contributed by atoms with Gasteiger partial charge in [-0.05, 0) is 30.5 Å². The van der Waals surface area contributed by atoms with E-state index in [1.165, 1.54) is 0 Å². The summed E-state index contributed by atoms with van der Waals surface area (Å²) in [6.07, 6.45) is 3.71. The highest BCUT2D eigenvalue weighted by Gasteiger charge is 2.31. The maximum absolute atomic E-state index is 12.2. The Labute approximate surface area is 117 Å². The summed E-state index contributed by atoms with van der Waals surface area (Å²) in [4.78, 5) is 24.6. The third kappa shape index (κ3) is 3.85. The number of nitrogens with zero attached hydrogens (tertiary/aromatic N) is 1. The summed E-state index contributed by atoms with van der Waals surface area (Å²) in [5.74, 6) is -0.889. The van der Waals surface area contributed by atoms with E-state index in [9.17, 15) is 9.59 Å². The molecule has 0 spiro atoms. The Morgan fingerprint density at radius 2 is 2.20 bits per heavy atom. The molecule has 0 atom stereocenters. The highest BCUT2D eigenvalue weighted by Crippen LogP contribution is 2.27. The predicted molar refractivity (Wildman–Crippen MR) is 76.7 cm³/mol. The molecule has 5 heteroatoms. The van der Waals surface area contributed by atoms with Crippen molar-refractivity contribution in [2.24, 2.45) is 0 Å². The van der Waals surface area contributed by atoms with Gasteiger partial charge < -0.3 is 15.3 Å². The standard InChI is InChI=1S/C15H18N2O3/c1-2-8-17(13-6-7-13)15(20)16-12-5-3-4-11(9-12)10-14(18)19/h2-5,9,13H,1,6-8,10H2,(H,16,20)(H,18,19). The van der Waals surface area contributed by atoms with Crippen LogP contribution in [0.3, 0.4) is 0 Å². The van der Waals surface area contributed by atoms with Crippen LogP contribution in [0.4, 0.5) is 10.5 Å². The van der Waals surface area contributed by atoms with Gasteiger partial charge in [0.25, 0.3) is 0 Å². The molecule has 2 rings (SSSR count). The lowest BCUT2D eigenvalue weighted by atomic mass is 10.1. The number of anilines is 1. The molecule has 0 unspecified atom stereocenters. The maximum atomic E-state index is 12.2. The molecule has 5 nitrogen and oxygen atoms in total. The van der Waals surface area contributed by atoms with Crippen molar-refractivity contribution >= 4 is 17.7 Å². The number of amides is 2. The fourth-order valence-electron chi connectivity index (χ4n) is 2.05. The van der Waals surface area contributed by atoms with E-state index < -0.39 is 5.97 Å². The fraction of sp³-hybridized carbons (Fsp3) is 0.333. The highest BCUT2D eigenvalue weighted by atomic mass is 16.4. The summed E-state index contributed by atoms with van der Waals surface area (Å²) in [6.45, 7) is 4.18. The zero-order valence-corrected chi connectivity index (χ0v) is 11.2. The molecule has 0 aliphatic heterocycles. The van der Waals surface area contributed by atoms with Gasteiger partial charge in [-0.2, -0.15) is 0 Å². The summed E-state index contributed by atoms with van der Waals surface area (Å²) in [6, 6.07) is 7.04. The van der Waals surface area contributed by atoms with E-state index >= 15 is 0 Å². The lowest BCUT2D eigenvalue weighted by molar-refractivity contribution is -0.136. The minimum atomic E-state index is -0.889. The summed E-state index contributed by atoms with van der Waals surface area (Å²) in [5, 5.41) is 11.6. The Balaban J connectivity index is 2.02. The minimum absolute atomic E-state index is 0.0529. The zero-order valence-electron chi connectivity index (χ0n) is 11.2. The summed E-state index contributed by atoms with van der Waals surface area (Å²) in [7, 11) is 0. The number of urea groups is 1. The highest BCUT2D eigenvalue weighted by molar-refractivity contribution is 5.90. The van der Waals surface area contributed by atoms with Gasteiger partial charge in [0.15, 0.2) is 0 Å². The molecule has 20 heavy (non-hydrogen) atoms. The largest absolute Gasteiger partial charge is 0.481 e. The number of hydrogen-bond acceptors (Lipinski definition) is 2. The number of rotatable bonds is 6. The van der Waals surface area contributed by atoms with E-state index in [4.69, 9.17) is 5.11 Å². The molecule has 1 saturated carbocycles. The number of hydrogen-bond donors (Lipinski definition) is 2. The van der Waals surface area contributed by atoms with Gasteiger partial charge in [-0.15, -0.1) is 6.58 Å². The Morgan fingerprint density at radius 1 is 1.45 bits per heavy atom. The van der Waals surface area contributed by atoms with Crippen LogP contribution >= 0.6 is 0 Å². The van der Waals surface area contributed by atoms with Gasteiger partial charge in [0.1, 0.15) is 0 Å². The molecular weight excluding hydrogens is 256 g/mol. The monoisotopic (exact) mass is 274 g/mol. The molecular formula is C15H18N2O3. The van der Waals surface area contributed by atoms with Gasteiger partial charge in [-0.1, -0.05) is 18.2 Å². The number of aliphatic carboxylic acids is 1. The third-order valence-corrected chi connectivity index (χ3v) is 3.11. The second kappa shape index (κ2) is 6.23. The molecule has 0 bridgehead atoms. The van der Waals surface area contributed by atoms with Crippen LogP contribution in [0.15, 0.2) is 36.9 Å². The van der Waals surface area contributed by atoms with E-state index in [1.807, 2.05) is 0 Å². The van der Waals surface area contributed by atoms with Crippen LogP contribution in [0.2, 0.25) is 0 Å². The number of carboxylic acids is 1. The topological polar surface area (TPSA) is 69.6 Å². The van der Waals surface area contributed by atoms with E-state index in [0.29, 0.717) is 23.8 Å². The normalized spacial score (nSPS) is 13.6. The maximum Gasteiger partial charge on any atom is 0.322 e. The van der Waals surface area contributed by atoms with Gasteiger partial charge in [0.2, 0.25) is 0 Å². The molecule has 2 amide bonds. The molecule has 106 valence electrons. The van der Waals surface area contributed by atoms with Gasteiger partial charge >= 0.3 is 12.0 Å². The molecule has 2 N–H and O–H groups in total. The average Bonchev–Trinajstić information content (AvgIpc) is 3.19. The van der Waals surface area contributed by atoms with E-state index in [0.717, 1.165) is 12.8 Å². The number of carbonyl (C=O) groups excluding carboxylic acids is 1. The summed E-state index contributed by atoms with van der Waals surface area (Å²) < 4.78 is 0. The van der Waals surface area contributed by atoms with Crippen molar-refractivity contribution < 1.29 is 14.7 Å². The first kappa shape index (κ1) is 14.1. The molecule has 1 aromatic rings. The number of carboxylic acid groups (broad SMARTS) is 1. The van der Waals surface area contributed by atoms with Crippen molar-refractivity contribution in [3.63, 3.8) is 0 Å². The van der Waals surface area contributed by atoms with Crippen LogP contribution in [0, 0.1) is 0 Å². The van der Waals surface area contributed by atoms with Crippen LogP contribution in [0.1, 0.15) is 18.4 Å². The first-order valence-electron chi connectivity index (χ1n) is 6.59. The van der Waals surface area contributed by atoms with Crippen molar-refractivity contribution in [3.05, 3.63) is 42.5 Å². The average molecular weight is 274 g/mol. The first-order valence-corrected chi connectivity index (χ1v) is 6.59. The van der Waals surface area contributed by atoms with Gasteiger partial charge in [-0.25, -0.2) is 4.79 Å². The van der Waals surface area contributed by atoms with Crippen molar-refractivity contribution in [1.29, 1.82) is 0 Å². The van der Waals surface area contributed by atoms with Gasteiger partial charge in [0, 0.05) is 18.3 Å². The van der Waals surface area contributed by atoms with Gasteiger partial charge in [-0.3, -0.25) is 4.79 Å². The molecule has 0 aromatic heterocycles. The lowest BCUT2D eigenvalue weighted by Crippen LogP contribution is -2.36. The molecule has 0 radical (unpaired) electrons. The summed E-state index contributed by atoms with van der Waals surface area (Å²) >= 11 is 0. The van der Waals surface area contributed by atoms with Crippen molar-refractivity contribution in [2.75, 3.05) is 11.9 Å². The Morgan fingerprint density at radius 3 is 2.80 bits per heavy atom. The second-order valence-electron chi connectivity index (χ2n) is 4.87. The van der Waals surface area contributed by atoms with E-state index in [2.05, 4.69) is 11.9 Å². The van der Waals surface area contributed by atoms with Crippen LogP contribution in [-0.4, -0.2) is 34.6 Å². The van der Waals surface area contributed by atoms with Crippen molar-refractivity contribution in [2.45, 2.75) is 25.3 Å². The van der Waals surface area contributed by atoms with Crippen LogP contribution < -0.4 is 5.32 Å². The predicted octanol–water partition coefficient (Wildman–Crippen LogP) is 2.50. The summed E-state index contributed by atoms with van der Waals surface area (Å²) in [5.41, 5.74) is 1.28. The Bertz CT molecular complexity index is 524. The van der Waals surface area contributed by atoms with Crippen LogP contribution in [-0.2, 0) is 11.2 Å². The fourth-order valence-corrected chi connectivity index (χ4v) is 2.05. The number of nitrogens with one attached hydrogen (secondary N) is 1. The Kier molecular flexibility index (Phi) is 4.40. The third-order valence-electron chi connectivity index (χ3n) is 3.11. The SMILES string of the molecule is C=CCN(C(=O)Nc1cccc(CC(=O)O)c1)C1CC1. The molecule has 1 aromatic carbocycles. The molecule has 1 fully saturated rings. The smallest absolute Gasteiger partial charge is 0.322 e. The minimum Gasteiger partial charge on any atom is -0.481 e. The second-order valence-corrected chi connectivity index (χ2v) is 4.87. The van der Waals surface area contributed by atoms with Crippen LogP contribution in [0.25, 0.3) is 0 Å². The molecule has 1 aliphatic carbocycles. The molecule has 0 saturated heterocycles. The first-order chi connectivity index (χ1) is 9.60. The number of benzene rings is 1. The Hall–Kier alpha value is -2.30. The van der Waals surface area contributed by atoms with Gasteiger partial charge in [0.05, 0.1) is 6.42 Å².